The first-order valence-electron chi connectivity index (χ1n) is 10.7. The third kappa shape index (κ3) is 4.67. The first kappa shape index (κ1) is 21.5. The van der Waals surface area contributed by atoms with E-state index in [1.165, 1.54) is 23.8 Å². The van der Waals surface area contributed by atoms with Crippen molar-refractivity contribution in [1.29, 1.82) is 5.26 Å². The zero-order chi connectivity index (χ0) is 20.9. The first-order chi connectivity index (χ1) is 14.1. The number of nitrogens with zero attached hydrogens (tertiary/aromatic N) is 2. The van der Waals surface area contributed by atoms with Gasteiger partial charge in [0, 0.05) is 18.2 Å². The van der Waals surface area contributed by atoms with Gasteiger partial charge in [-0.2, -0.15) is 5.26 Å². The van der Waals surface area contributed by atoms with Crippen LogP contribution in [0.3, 0.4) is 0 Å². The summed E-state index contributed by atoms with van der Waals surface area (Å²) in [5.74, 6) is -1.15. The zero-order valence-electron chi connectivity index (χ0n) is 17.4. The second kappa shape index (κ2) is 9.50. The normalized spacial score (nSPS) is 17.0. The molecule has 0 bridgehead atoms. The summed E-state index contributed by atoms with van der Waals surface area (Å²) in [6.07, 6.45) is 3.89. The Morgan fingerprint density at radius 3 is 2.24 bits per heavy atom. The van der Waals surface area contributed by atoms with Crippen LogP contribution in [0.1, 0.15) is 57.1 Å². The van der Waals surface area contributed by atoms with Gasteiger partial charge in [-0.1, -0.05) is 50.2 Å². The second-order valence-electron chi connectivity index (χ2n) is 8.10. The molecule has 1 fully saturated rings. The lowest BCUT2D eigenvalue weighted by molar-refractivity contribution is 0.170. The molecule has 0 radical (unpaired) electrons. The van der Waals surface area contributed by atoms with Gasteiger partial charge in [0.05, 0.1) is 11.5 Å². The summed E-state index contributed by atoms with van der Waals surface area (Å²) in [4.78, 5) is 2.40. The third-order valence-electron chi connectivity index (χ3n) is 6.38. The van der Waals surface area contributed by atoms with Crippen LogP contribution in [0.2, 0.25) is 0 Å². The van der Waals surface area contributed by atoms with Crippen molar-refractivity contribution >= 4 is 0 Å². The highest BCUT2D eigenvalue weighted by Gasteiger charge is 2.49. The number of hydrogen-bond donors (Lipinski definition) is 0. The summed E-state index contributed by atoms with van der Waals surface area (Å²) < 4.78 is 29.3. The van der Waals surface area contributed by atoms with Crippen LogP contribution in [0.25, 0.3) is 0 Å². The third-order valence-corrected chi connectivity index (χ3v) is 6.38. The number of rotatable bonds is 10. The molecular formula is C25H30F2N2. The quantitative estimate of drug-likeness (QED) is 0.477. The zero-order valence-corrected chi connectivity index (χ0v) is 17.4. The van der Waals surface area contributed by atoms with Gasteiger partial charge in [0.2, 0.25) is 0 Å². The topological polar surface area (TPSA) is 27.0 Å². The maximum absolute atomic E-state index is 14.6. The predicted molar refractivity (Wildman–Crippen MR) is 112 cm³/mol. The molecule has 1 saturated carbocycles. The molecule has 29 heavy (non-hydrogen) atoms. The van der Waals surface area contributed by atoms with Gasteiger partial charge in [-0.15, -0.1) is 0 Å². The summed E-state index contributed by atoms with van der Waals surface area (Å²) in [6, 6.07) is 16.9. The van der Waals surface area contributed by atoms with Crippen molar-refractivity contribution in [2.75, 3.05) is 6.54 Å². The van der Waals surface area contributed by atoms with Gasteiger partial charge in [0.15, 0.2) is 0 Å². The van der Waals surface area contributed by atoms with Crippen LogP contribution in [-0.4, -0.2) is 17.5 Å². The number of benzene rings is 2. The summed E-state index contributed by atoms with van der Waals surface area (Å²) in [7, 11) is 0. The minimum absolute atomic E-state index is 0.0223. The molecule has 2 aromatic carbocycles. The Morgan fingerprint density at radius 2 is 1.72 bits per heavy atom. The molecule has 0 amide bonds. The Morgan fingerprint density at radius 1 is 1.07 bits per heavy atom. The van der Waals surface area contributed by atoms with Crippen LogP contribution in [0.15, 0.2) is 48.5 Å². The van der Waals surface area contributed by atoms with Crippen LogP contribution in [-0.2, 0) is 12.0 Å². The maximum atomic E-state index is 14.6. The minimum atomic E-state index is -1.07. The average Bonchev–Trinajstić information content (AvgIpc) is 3.58. The van der Waals surface area contributed by atoms with Crippen molar-refractivity contribution in [3.63, 3.8) is 0 Å². The van der Waals surface area contributed by atoms with Crippen molar-refractivity contribution in [2.45, 2.75) is 64.0 Å². The van der Waals surface area contributed by atoms with Gasteiger partial charge >= 0.3 is 0 Å². The SMILES string of the molecule is CCC(CCC(C#N)(c1c(F)cccc1F)C1CC1)N(CC)Cc1ccccc1. The monoisotopic (exact) mass is 396 g/mol. The highest BCUT2D eigenvalue weighted by molar-refractivity contribution is 5.38. The van der Waals surface area contributed by atoms with E-state index in [1.807, 2.05) is 18.2 Å². The average molecular weight is 397 g/mol. The summed E-state index contributed by atoms with van der Waals surface area (Å²) in [6.45, 7) is 6.02. The van der Waals surface area contributed by atoms with Gasteiger partial charge in [-0.05, 0) is 62.3 Å². The number of halogens is 2. The first-order valence-corrected chi connectivity index (χ1v) is 10.7. The fourth-order valence-electron chi connectivity index (χ4n) is 4.59. The van der Waals surface area contributed by atoms with Crippen molar-refractivity contribution in [3.8, 4) is 6.07 Å². The molecule has 4 heteroatoms. The van der Waals surface area contributed by atoms with Gasteiger partial charge in [-0.25, -0.2) is 8.78 Å². The molecule has 0 spiro atoms. The second-order valence-corrected chi connectivity index (χ2v) is 8.10. The van der Waals surface area contributed by atoms with Crippen LogP contribution in [0.4, 0.5) is 8.78 Å². The molecule has 1 aliphatic rings. The maximum Gasteiger partial charge on any atom is 0.130 e. The molecule has 2 atom stereocenters. The van der Waals surface area contributed by atoms with E-state index in [1.54, 1.807) is 0 Å². The Kier molecular flexibility index (Phi) is 7.03. The fourth-order valence-corrected chi connectivity index (χ4v) is 4.59. The molecule has 0 heterocycles. The van der Waals surface area contributed by atoms with Crippen LogP contribution in [0, 0.1) is 28.9 Å². The molecule has 0 N–H and O–H groups in total. The molecular weight excluding hydrogens is 366 g/mol. The molecule has 3 rings (SSSR count). The Hall–Kier alpha value is -2.25. The lowest BCUT2D eigenvalue weighted by Gasteiger charge is -2.34. The van der Waals surface area contributed by atoms with Crippen LogP contribution < -0.4 is 0 Å². The summed E-state index contributed by atoms with van der Waals surface area (Å²) in [5.41, 5.74) is 0.155. The van der Waals surface area contributed by atoms with E-state index in [9.17, 15) is 14.0 Å². The van der Waals surface area contributed by atoms with E-state index in [4.69, 9.17) is 0 Å². The minimum Gasteiger partial charge on any atom is -0.296 e. The standard InChI is InChI=1S/C25H30F2N2/c1-3-21(29(4-2)17-19-9-6-5-7-10-19)15-16-25(18-28,20-13-14-20)24-22(26)11-8-12-23(24)27/h5-12,20-21H,3-4,13-17H2,1-2H3. The molecule has 0 saturated heterocycles. The Bertz CT molecular complexity index is 821. The largest absolute Gasteiger partial charge is 0.296 e. The fraction of sp³-hybridized carbons (Fsp3) is 0.480. The molecule has 1 aliphatic carbocycles. The lowest BCUT2D eigenvalue weighted by Crippen LogP contribution is -2.37. The lowest BCUT2D eigenvalue weighted by atomic mass is 9.72. The van der Waals surface area contributed by atoms with Crippen LogP contribution in [0.5, 0.6) is 0 Å². The van der Waals surface area contributed by atoms with E-state index in [2.05, 4.69) is 36.9 Å². The summed E-state index contributed by atoms with van der Waals surface area (Å²) >= 11 is 0. The van der Waals surface area contributed by atoms with Crippen molar-refractivity contribution in [1.82, 2.24) is 4.90 Å². The highest BCUT2D eigenvalue weighted by atomic mass is 19.1. The van der Waals surface area contributed by atoms with E-state index >= 15 is 0 Å². The van der Waals surface area contributed by atoms with E-state index in [0.717, 1.165) is 38.8 Å². The molecule has 2 aromatic rings. The molecule has 2 unspecified atom stereocenters. The molecule has 2 nitrogen and oxygen atoms in total. The molecule has 0 aromatic heterocycles. The van der Waals surface area contributed by atoms with Gasteiger partial charge in [0.25, 0.3) is 0 Å². The van der Waals surface area contributed by atoms with Gasteiger partial charge in [-0.3, -0.25) is 4.90 Å². The predicted octanol–water partition coefficient (Wildman–Crippen LogP) is 6.22. The number of nitriles is 1. The van der Waals surface area contributed by atoms with Crippen molar-refractivity contribution in [3.05, 3.63) is 71.3 Å². The molecule has 154 valence electrons. The van der Waals surface area contributed by atoms with E-state index in [0.29, 0.717) is 6.42 Å². The van der Waals surface area contributed by atoms with E-state index < -0.39 is 17.0 Å². The Balaban J connectivity index is 1.82. The van der Waals surface area contributed by atoms with Crippen molar-refractivity contribution in [2.24, 2.45) is 5.92 Å². The van der Waals surface area contributed by atoms with E-state index in [-0.39, 0.29) is 17.5 Å². The molecule has 0 aliphatic heterocycles. The van der Waals surface area contributed by atoms with Gasteiger partial charge < -0.3 is 0 Å². The Labute approximate surface area is 173 Å². The summed E-state index contributed by atoms with van der Waals surface area (Å²) in [5, 5.41) is 10.1. The smallest absolute Gasteiger partial charge is 0.130 e. The number of hydrogen-bond acceptors (Lipinski definition) is 2. The van der Waals surface area contributed by atoms with Crippen LogP contribution >= 0.6 is 0 Å². The van der Waals surface area contributed by atoms with Gasteiger partial charge in [0.1, 0.15) is 11.6 Å². The van der Waals surface area contributed by atoms with Crippen molar-refractivity contribution < 1.29 is 8.78 Å². The highest BCUT2D eigenvalue weighted by Crippen LogP contribution is 2.51.